The summed E-state index contributed by atoms with van der Waals surface area (Å²) in [6.45, 7) is 0.597. The quantitative estimate of drug-likeness (QED) is 0.0127. The van der Waals surface area contributed by atoms with Crippen LogP contribution in [0.1, 0.15) is 122 Å². The summed E-state index contributed by atoms with van der Waals surface area (Å²) in [5.74, 6) is 0.701. The number of aliphatic hydroxyl groups is 12. The van der Waals surface area contributed by atoms with Gasteiger partial charge in [-0.05, 0) is 38.5 Å². The number of nitrogens with zero attached hydrogens (tertiary/aromatic N) is 6. The van der Waals surface area contributed by atoms with Crippen LogP contribution >= 0.6 is 0 Å². The third-order valence-electron chi connectivity index (χ3n) is 18.1. The third kappa shape index (κ3) is 28.7. The van der Waals surface area contributed by atoms with Crippen molar-refractivity contribution in [1.29, 1.82) is 0 Å². The van der Waals surface area contributed by atoms with Gasteiger partial charge in [0, 0.05) is 59.5 Å². The zero-order valence-electron chi connectivity index (χ0n) is 60.8. The molecule has 4 saturated heterocycles. The molecule has 45 nitrogen and oxygen atoms in total. The molecule has 2 unspecified atom stereocenters. The third-order valence-corrected chi connectivity index (χ3v) is 18.1. The van der Waals surface area contributed by atoms with Crippen LogP contribution in [0.2, 0.25) is 0 Å². The molecule has 4 aliphatic heterocycles. The monoisotopic (exact) mass is 1560 g/mol. The Bertz CT molecular complexity index is 3160. The molecule has 2 aromatic heterocycles. The fourth-order valence-electron chi connectivity index (χ4n) is 12.2. The number of nitrogens with one attached hydrogen (secondary N) is 9. The SMILES string of the molecule is CC(=O)NC(CCC(=O)NCc1cn(CCO[C@@H]2O[C@H](CO)[C@@H](O[C@@H]3O[C@H](CO)[C@H](O)[C@H](O)[C@H]3O)[C@H](O)[C@H]2NC(C)=O)nn1)C(=O)NCCCCCCCC(=O)NC(CCC(=O)NCc1cn(CCO[C@@H]2O[C@H](CO)[C@@H](O[C@@H]3O[C@H](CO)[C@H](O)[C@H](O)[C@H]3O)[C@H](O)[C@H]2NC(C)=O)nn1)C(=O)NCCCCCC(=O)NN. The van der Waals surface area contributed by atoms with Gasteiger partial charge in [0.2, 0.25) is 53.2 Å². The number of nitrogens with two attached hydrogens (primary N) is 1. The van der Waals surface area contributed by atoms with Crippen molar-refractivity contribution in [3.05, 3.63) is 23.8 Å². The summed E-state index contributed by atoms with van der Waals surface area (Å²) in [5.41, 5.74) is 2.71. The lowest BCUT2D eigenvalue weighted by molar-refractivity contribution is -0.348. The van der Waals surface area contributed by atoms with Gasteiger partial charge in [-0.1, -0.05) is 36.1 Å². The maximum atomic E-state index is 13.4. The topological polar surface area (TPSA) is 666 Å². The van der Waals surface area contributed by atoms with E-state index in [4.69, 9.17) is 43.7 Å². The van der Waals surface area contributed by atoms with Gasteiger partial charge >= 0.3 is 0 Å². The van der Waals surface area contributed by atoms with Crippen molar-refractivity contribution >= 4 is 53.2 Å². The molecular weight excluding hydrogens is 1460 g/mol. The fourth-order valence-corrected chi connectivity index (χ4v) is 12.2. The van der Waals surface area contributed by atoms with Crippen LogP contribution in [0.25, 0.3) is 0 Å². The molecular formula is C64H108N16O29. The van der Waals surface area contributed by atoms with Gasteiger partial charge in [0.05, 0.1) is 78.2 Å². The van der Waals surface area contributed by atoms with Crippen LogP contribution in [0.3, 0.4) is 0 Å². The van der Waals surface area contributed by atoms with Gasteiger partial charge in [-0.3, -0.25) is 48.6 Å². The minimum Gasteiger partial charge on any atom is -0.394 e. The summed E-state index contributed by atoms with van der Waals surface area (Å²) in [6.07, 6.45) is -21.2. The number of amides is 9. The van der Waals surface area contributed by atoms with E-state index in [0.717, 1.165) is 6.92 Å². The number of rotatable bonds is 46. The first-order valence-corrected chi connectivity index (χ1v) is 36.1. The smallest absolute Gasteiger partial charge is 0.242 e. The number of hydrazine groups is 1. The molecule has 0 bridgehead atoms. The van der Waals surface area contributed by atoms with Crippen molar-refractivity contribution in [2.24, 2.45) is 5.84 Å². The van der Waals surface area contributed by atoms with E-state index in [9.17, 15) is 104 Å². The second-order valence-electron chi connectivity index (χ2n) is 26.7. The number of carbonyl (C=O) groups is 9. The average molecular weight is 1570 g/mol. The van der Waals surface area contributed by atoms with E-state index >= 15 is 0 Å². The van der Waals surface area contributed by atoms with Crippen molar-refractivity contribution in [1.82, 2.24) is 77.9 Å². The number of ether oxygens (including phenoxy) is 8. The van der Waals surface area contributed by atoms with Crippen LogP contribution in [0.4, 0.5) is 0 Å². The highest BCUT2D eigenvalue weighted by Crippen LogP contribution is 2.32. The van der Waals surface area contributed by atoms with Crippen LogP contribution in [-0.2, 0) is 107 Å². The lowest BCUT2D eigenvalue weighted by Crippen LogP contribution is -2.67. The van der Waals surface area contributed by atoms with E-state index in [-0.39, 0.29) is 96.9 Å². The first-order chi connectivity index (χ1) is 52.1. The van der Waals surface area contributed by atoms with Crippen molar-refractivity contribution in [2.75, 3.05) is 52.7 Å². The number of aliphatic hydroxyl groups excluding tert-OH is 12. The number of hydrogen-bond donors (Lipinski definition) is 22. The average Bonchev–Trinajstić information content (AvgIpc) is 1.42. The van der Waals surface area contributed by atoms with Gasteiger partial charge in [-0.25, -0.2) is 15.2 Å². The maximum absolute atomic E-state index is 13.4. The van der Waals surface area contributed by atoms with E-state index in [2.05, 4.69) is 68.6 Å². The summed E-state index contributed by atoms with van der Waals surface area (Å²) < 4.78 is 48.4. The highest BCUT2D eigenvalue weighted by molar-refractivity contribution is 5.89. The molecule has 0 aromatic carbocycles. The number of carbonyl (C=O) groups excluding carboxylic acids is 9. The molecule has 0 spiro atoms. The summed E-state index contributed by atoms with van der Waals surface area (Å²) in [4.78, 5) is 114. The summed E-state index contributed by atoms with van der Waals surface area (Å²) >= 11 is 0. The van der Waals surface area contributed by atoms with Gasteiger partial charge in [-0.15, -0.1) is 10.2 Å². The van der Waals surface area contributed by atoms with E-state index < -0.39 is 208 Å². The van der Waals surface area contributed by atoms with Crippen LogP contribution in [0.5, 0.6) is 0 Å². The Labute approximate surface area is 625 Å². The molecule has 618 valence electrons. The van der Waals surface area contributed by atoms with Gasteiger partial charge in [0.25, 0.3) is 0 Å². The first kappa shape index (κ1) is 90.6. The van der Waals surface area contributed by atoms with Crippen molar-refractivity contribution < 1.29 is 142 Å². The Morgan fingerprint density at radius 2 is 0.835 bits per heavy atom. The molecule has 0 saturated carbocycles. The Hall–Kier alpha value is -7.33. The zero-order valence-corrected chi connectivity index (χ0v) is 60.8. The van der Waals surface area contributed by atoms with Gasteiger partial charge in [-0.2, -0.15) is 0 Å². The van der Waals surface area contributed by atoms with Crippen LogP contribution in [0, 0.1) is 0 Å². The number of aromatic nitrogens is 6. The predicted octanol–water partition coefficient (Wildman–Crippen LogP) is -11.0. The van der Waals surface area contributed by atoms with E-state index in [1.165, 1.54) is 35.6 Å². The fraction of sp³-hybridized carbons (Fsp3) is 0.797. The minimum absolute atomic E-state index is 0.0282. The molecule has 23 N–H and O–H groups in total. The Balaban J connectivity index is 0.873. The van der Waals surface area contributed by atoms with Gasteiger partial charge in [0.1, 0.15) is 121 Å². The molecule has 2 aromatic rings. The highest BCUT2D eigenvalue weighted by Gasteiger charge is 2.53. The molecule has 0 aliphatic carbocycles. The lowest BCUT2D eigenvalue weighted by Gasteiger charge is -2.47. The second-order valence-corrected chi connectivity index (χ2v) is 26.7. The summed E-state index contributed by atoms with van der Waals surface area (Å²) in [6, 6.07) is -4.76. The molecule has 6 rings (SSSR count). The zero-order chi connectivity index (χ0) is 79.9. The summed E-state index contributed by atoms with van der Waals surface area (Å²) in [5, 5.41) is 162. The van der Waals surface area contributed by atoms with Gasteiger partial charge < -0.3 is 142 Å². The summed E-state index contributed by atoms with van der Waals surface area (Å²) in [7, 11) is 0. The second kappa shape index (κ2) is 46.5. The normalized spacial score (nSPS) is 28.8. The maximum Gasteiger partial charge on any atom is 0.242 e. The van der Waals surface area contributed by atoms with Crippen LogP contribution in [0.15, 0.2) is 12.4 Å². The lowest BCUT2D eigenvalue weighted by atomic mass is 9.95. The van der Waals surface area contributed by atoms with Crippen molar-refractivity contribution in [3.8, 4) is 0 Å². The molecule has 9 amide bonds. The van der Waals surface area contributed by atoms with Gasteiger partial charge in [0.15, 0.2) is 25.2 Å². The largest absolute Gasteiger partial charge is 0.394 e. The van der Waals surface area contributed by atoms with E-state index in [1.54, 1.807) is 0 Å². The highest BCUT2D eigenvalue weighted by atomic mass is 16.8. The molecule has 4 fully saturated rings. The molecule has 0 radical (unpaired) electrons. The molecule has 109 heavy (non-hydrogen) atoms. The molecule has 6 heterocycles. The van der Waals surface area contributed by atoms with Crippen LogP contribution < -0.4 is 53.8 Å². The van der Waals surface area contributed by atoms with Crippen molar-refractivity contribution in [2.45, 2.75) is 272 Å². The molecule has 22 atom stereocenters. The van der Waals surface area contributed by atoms with E-state index in [1.807, 2.05) is 0 Å². The Morgan fingerprint density at radius 3 is 1.24 bits per heavy atom. The van der Waals surface area contributed by atoms with E-state index in [0.29, 0.717) is 62.8 Å². The minimum atomic E-state index is -1.85. The Morgan fingerprint density at radius 1 is 0.450 bits per heavy atom. The first-order valence-electron chi connectivity index (χ1n) is 36.1. The van der Waals surface area contributed by atoms with Crippen LogP contribution in [-0.4, -0.2) is 332 Å². The van der Waals surface area contributed by atoms with Crippen molar-refractivity contribution in [3.63, 3.8) is 0 Å². The standard InChI is InChI=1S/C64H108N16O29/c1-32(85)70-37(14-16-43(88)68-24-35-26-79(77-75-35)20-22-102-61-47(71-33(2)86)51(94)57(41(30-83)106-61)108-63-55(98)53(96)49(92)39(28-81)104-63)59(100)66-18-10-6-4-5-8-12-45(90)73-38(60(101)67-19-11-7-9-13-46(91)74-65)15-17-44(89)69-25-36-27-80(78-76-36)21-23-103-62-48(72-34(3)87)52(95)58(42(31-84)107-62)109-64-56(99)54(97)50(93)40(29-82)105-64/h26-27,37-42,47-58,61-64,81-84,92-99H,4-25,28-31,65H2,1-3H3,(H,66,100)(H,67,101)(H,68,88)(H,69,89)(H,70,85)(H,71,86)(H,72,87)(H,73,90)(H,74,91)/t37?,38?,39-,40-,41-,42-,47-,48-,49+,50+,51-,52-,53+,54+,55-,56-,57-,58-,61-,62-,63+,64+/m1/s1. The molecule has 45 heteroatoms. The molecule has 4 aliphatic rings. The number of unbranched alkanes of at least 4 members (excludes halogenated alkanes) is 6. The Kier molecular flexibility index (Phi) is 38.6. The predicted molar refractivity (Wildman–Crippen MR) is 364 cm³/mol. The number of hydrogen-bond acceptors (Lipinski definition) is 34.